The van der Waals surface area contributed by atoms with E-state index >= 15 is 0 Å². The van der Waals surface area contributed by atoms with Crippen LogP contribution in [0.2, 0.25) is 0 Å². The van der Waals surface area contributed by atoms with Crippen LogP contribution in [0, 0.1) is 11.3 Å². The lowest BCUT2D eigenvalue weighted by atomic mass is 9.90. The van der Waals surface area contributed by atoms with Crippen molar-refractivity contribution >= 4 is 29.5 Å². The summed E-state index contributed by atoms with van der Waals surface area (Å²) >= 11 is -0.215. The van der Waals surface area contributed by atoms with Crippen molar-refractivity contribution in [3.05, 3.63) is 53.9 Å². The number of carbonyl (C=O) groups is 2. The molecule has 1 unspecified atom stereocenters. The first-order valence-corrected chi connectivity index (χ1v) is 10.1. The van der Waals surface area contributed by atoms with Gasteiger partial charge in [-0.1, -0.05) is 0 Å². The molecule has 0 amide bonds. The molecule has 0 bridgehead atoms. The van der Waals surface area contributed by atoms with Crippen LogP contribution in [-0.2, 0) is 16.1 Å². The van der Waals surface area contributed by atoms with Gasteiger partial charge in [-0.25, -0.2) is 4.98 Å². The van der Waals surface area contributed by atoms with Crippen LogP contribution in [0.3, 0.4) is 0 Å². The van der Waals surface area contributed by atoms with Crippen LogP contribution in [0.15, 0.2) is 47.5 Å². The Kier molecular flexibility index (Phi) is 6.38. The lowest BCUT2D eigenvalue weighted by Crippen LogP contribution is -2.51. The van der Waals surface area contributed by atoms with Gasteiger partial charge in [0.05, 0.1) is 6.67 Å². The molecule has 31 heavy (non-hydrogen) atoms. The fourth-order valence-corrected chi connectivity index (χ4v) is 4.29. The van der Waals surface area contributed by atoms with Gasteiger partial charge < -0.3 is 4.90 Å². The molecule has 1 aliphatic heterocycles. The van der Waals surface area contributed by atoms with E-state index in [1.54, 1.807) is 17.0 Å². The van der Waals surface area contributed by atoms with Crippen LogP contribution in [0.1, 0.15) is 25.1 Å². The Bertz CT molecular complexity index is 1020. The van der Waals surface area contributed by atoms with Crippen LogP contribution < -0.4 is 4.90 Å². The number of anilines is 1. The number of rotatable bonds is 6. The molecule has 3 rings (SSSR count). The minimum atomic E-state index is -4.39. The summed E-state index contributed by atoms with van der Waals surface area (Å²) in [5.41, 5.74) is -3.53. The quantitative estimate of drug-likeness (QED) is 0.378. The Balaban J connectivity index is 1.91. The van der Waals surface area contributed by atoms with Crippen molar-refractivity contribution in [3.8, 4) is 6.07 Å². The Morgan fingerprint density at radius 2 is 2.00 bits per heavy atom. The van der Waals surface area contributed by atoms with E-state index in [1.807, 2.05) is 24.8 Å². The van der Waals surface area contributed by atoms with Gasteiger partial charge in [0.15, 0.2) is 6.29 Å². The zero-order chi connectivity index (χ0) is 22.8. The second kappa shape index (κ2) is 8.69. The molecule has 1 aliphatic rings. The van der Waals surface area contributed by atoms with Gasteiger partial charge >= 0.3 is 5.51 Å². The summed E-state index contributed by atoms with van der Waals surface area (Å²) in [6, 6.07) is 10.3. The first-order valence-electron chi connectivity index (χ1n) is 9.26. The fraction of sp³-hybridized carbons (Fsp3) is 0.333. The summed E-state index contributed by atoms with van der Waals surface area (Å²) in [5, 5.41) is 9.07. The predicted octanol–water partition coefficient (Wildman–Crippen LogP) is 3.76. The van der Waals surface area contributed by atoms with Crippen molar-refractivity contribution in [3.63, 3.8) is 0 Å². The van der Waals surface area contributed by atoms with E-state index in [-0.39, 0.29) is 35.3 Å². The molecule has 0 spiro atoms. The molecule has 162 valence electrons. The summed E-state index contributed by atoms with van der Waals surface area (Å²) in [6.07, 6.45) is 1.80. The number of nitriles is 1. The molecule has 10 heteroatoms. The molecule has 1 fully saturated rings. The number of benzene rings is 1. The number of nitrogens with zero attached hydrogens (tertiary/aromatic N) is 4. The number of Topliss-reactive ketones (excluding diaryl/α,β-unsaturated/α-hetero) is 1. The highest BCUT2D eigenvalue weighted by Gasteiger charge is 2.50. The third kappa shape index (κ3) is 5.06. The summed E-state index contributed by atoms with van der Waals surface area (Å²) in [4.78, 5) is 31.5. The first-order chi connectivity index (χ1) is 14.5. The number of hydrogen-bond donors (Lipinski definition) is 0. The average molecular weight is 448 g/mol. The summed E-state index contributed by atoms with van der Waals surface area (Å²) < 4.78 is 37.8. The summed E-state index contributed by atoms with van der Waals surface area (Å²) in [6.45, 7) is 4.33. The number of aldehydes is 1. The van der Waals surface area contributed by atoms with E-state index in [1.165, 1.54) is 30.5 Å². The van der Waals surface area contributed by atoms with Gasteiger partial charge in [0.25, 0.3) is 0 Å². The second-order valence-electron chi connectivity index (χ2n) is 7.59. The molecule has 2 heterocycles. The molecule has 2 aromatic rings. The molecular weight excluding hydrogens is 429 g/mol. The minimum absolute atomic E-state index is 0.0330. The Labute approximate surface area is 181 Å². The lowest BCUT2D eigenvalue weighted by Gasteiger charge is -2.34. The largest absolute Gasteiger partial charge is 0.446 e. The maximum absolute atomic E-state index is 12.6. The molecule has 1 aromatic carbocycles. The zero-order valence-electron chi connectivity index (χ0n) is 16.8. The molecule has 0 aliphatic carbocycles. The van der Waals surface area contributed by atoms with E-state index in [0.717, 1.165) is 5.56 Å². The van der Waals surface area contributed by atoms with Gasteiger partial charge in [0.1, 0.15) is 17.8 Å². The SMILES string of the molecule is CC1(C)C(C(=O)C=O)N(c2ccc(SC(F)(F)F)cc2)CN1Cc1ccnc(C#N)c1. The topological polar surface area (TPSA) is 77.3 Å². The maximum Gasteiger partial charge on any atom is 0.446 e. The van der Waals surface area contributed by atoms with E-state index in [9.17, 15) is 22.8 Å². The Morgan fingerprint density at radius 1 is 1.32 bits per heavy atom. The summed E-state index contributed by atoms with van der Waals surface area (Å²) in [5.74, 6) is -0.617. The highest BCUT2D eigenvalue weighted by atomic mass is 32.2. The number of halogens is 3. The number of hydrogen-bond acceptors (Lipinski definition) is 7. The Morgan fingerprint density at radius 3 is 2.58 bits per heavy atom. The number of thioether (sulfide) groups is 1. The first kappa shape index (κ1) is 22.8. The van der Waals surface area contributed by atoms with E-state index in [4.69, 9.17) is 5.26 Å². The van der Waals surface area contributed by atoms with Crippen molar-refractivity contribution in [1.82, 2.24) is 9.88 Å². The highest BCUT2D eigenvalue weighted by Crippen LogP contribution is 2.39. The van der Waals surface area contributed by atoms with Gasteiger partial charge in [-0.2, -0.15) is 18.4 Å². The van der Waals surface area contributed by atoms with Crippen LogP contribution in [-0.4, -0.2) is 45.7 Å². The molecule has 0 N–H and O–H groups in total. The average Bonchev–Trinajstić information content (AvgIpc) is 2.97. The fourth-order valence-electron chi connectivity index (χ4n) is 3.75. The van der Waals surface area contributed by atoms with Crippen molar-refractivity contribution < 1.29 is 22.8 Å². The number of carbonyl (C=O) groups excluding carboxylic acids is 2. The smallest absolute Gasteiger partial charge is 0.346 e. The highest BCUT2D eigenvalue weighted by molar-refractivity contribution is 8.00. The van der Waals surface area contributed by atoms with E-state index in [2.05, 4.69) is 4.98 Å². The number of ketones is 1. The zero-order valence-corrected chi connectivity index (χ0v) is 17.6. The van der Waals surface area contributed by atoms with Crippen molar-refractivity contribution in [2.75, 3.05) is 11.6 Å². The Hall–Kier alpha value is -2.90. The standard InChI is InChI=1S/C21H19F3N4O2S/c1-20(2)19(18(30)12-29)28(16-3-5-17(6-4-16)31-21(22,23)24)13-27(20)11-14-7-8-26-15(9-14)10-25/h3-9,12,19H,11,13H2,1-2H3. The third-order valence-corrected chi connectivity index (χ3v) is 5.96. The van der Waals surface area contributed by atoms with E-state index in [0.29, 0.717) is 12.2 Å². The lowest BCUT2D eigenvalue weighted by molar-refractivity contribution is -0.131. The van der Waals surface area contributed by atoms with Crippen molar-refractivity contribution in [2.24, 2.45) is 0 Å². The minimum Gasteiger partial charge on any atom is -0.346 e. The number of pyridine rings is 1. The second-order valence-corrected chi connectivity index (χ2v) is 8.73. The van der Waals surface area contributed by atoms with Gasteiger partial charge in [0, 0.05) is 28.9 Å². The normalized spacial score (nSPS) is 18.6. The predicted molar refractivity (Wildman–Crippen MR) is 109 cm³/mol. The van der Waals surface area contributed by atoms with Crippen molar-refractivity contribution in [1.29, 1.82) is 5.26 Å². The monoisotopic (exact) mass is 448 g/mol. The third-order valence-electron chi connectivity index (χ3n) is 5.22. The van der Waals surface area contributed by atoms with Gasteiger partial charge in [-0.05, 0) is 67.6 Å². The molecule has 1 saturated heterocycles. The molecule has 0 radical (unpaired) electrons. The van der Waals surface area contributed by atoms with Gasteiger partial charge in [0.2, 0.25) is 5.78 Å². The van der Waals surface area contributed by atoms with Crippen LogP contribution >= 0.6 is 11.8 Å². The number of aromatic nitrogens is 1. The molecule has 1 atom stereocenters. The molecular formula is C21H19F3N4O2S. The van der Waals surface area contributed by atoms with Crippen LogP contribution in [0.5, 0.6) is 0 Å². The maximum atomic E-state index is 12.6. The molecule has 0 saturated carbocycles. The van der Waals surface area contributed by atoms with Crippen molar-refractivity contribution in [2.45, 2.75) is 42.4 Å². The van der Waals surface area contributed by atoms with Crippen LogP contribution in [0.25, 0.3) is 0 Å². The van der Waals surface area contributed by atoms with E-state index < -0.39 is 22.9 Å². The van der Waals surface area contributed by atoms with Crippen LogP contribution in [0.4, 0.5) is 18.9 Å². The summed E-state index contributed by atoms with van der Waals surface area (Å²) in [7, 11) is 0. The molecule has 1 aromatic heterocycles. The van der Waals surface area contributed by atoms with Gasteiger partial charge in [-0.15, -0.1) is 0 Å². The number of alkyl halides is 3. The van der Waals surface area contributed by atoms with Gasteiger partial charge in [-0.3, -0.25) is 14.5 Å². The molecule has 6 nitrogen and oxygen atoms in total.